The van der Waals surface area contributed by atoms with E-state index >= 15 is 0 Å². The van der Waals surface area contributed by atoms with Crippen molar-refractivity contribution < 1.29 is 81.7 Å². The quantitative estimate of drug-likeness (QED) is 0.0494. The number of ether oxygens (including phenoxy) is 6. The van der Waals surface area contributed by atoms with E-state index in [1.165, 1.54) is 12.8 Å². The molecule has 87 heavy (non-hydrogen) atoms. The van der Waals surface area contributed by atoms with E-state index in [-0.39, 0.29) is 89.5 Å². The first-order valence-corrected chi connectivity index (χ1v) is 33.2. The second-order valence-electron chi connectivity index (χ2n) is 24.8. The highest BCUT2D eigenvalue weighted by Crippen LogP contribution is 2.30. The maximum Gasteiger partial charge on any atom is 0.0906 e. The molecule has 0 aromatic heterocycles. The minimum atomic E-state index is -0.287. The van der Waals surface area contributed by atoms with Gasteiger partial charge in [0.1, 0.15) is 0 Å². The van der Waals surface area contributed by atoms with Crippen molar-refractivity contribution in [2.45, 2.75) is 183 Å². The van der Waals surface area contributed by atoms with Crippen LogP contribution in [0.4, 0.5) is 17.6 Å². The molecule has 0 aliphatic carbocycles. The van der Waals surface area contributed by atoms with Gasteiger partial charge in [-0.25, -0.2) is 0 Å². The minimum Gasteiger partial charge on any atom is -0.395 e. The Morgan fingerprint density at radius 3 is 1.60 bits per heavy atom. The molecule has 0 saturated carbocycles. The van der Waals surface area contributed by atoms with Crippen molar-refractivity contribution in [3.05, 3.63) is 0 Å². The van der Waals surface area contributed by atoms with Crippen LogP contribution in [0.15, 0.2) is 0 Å². The average Bonchev–Trinajstić information content (AvgIpc) is 3.13. The van der Waals surface area contributed by atoms with Crippen LogP contribution >= 0.6 is 0 Å². The van der Waals surface area contributed by atoms with Crippen LogP contribution in [-0.4, -0.2) is 356 Å². The van der Waals surface area contributed by atoms with E-state index in [2.05, 4.69) is 48.3 Å². The molecule has 11 atom stereocenters. The molecule has 8 saturated heterocycles. The van der Waals surface area contributed by atoms with Gasteiger partial charge in [0.05, 0.1) is 130 Å². The number of aliphatic hydroxyl groups is 7. The van der Waals surface area contributed by atoms with Crippen LogP contribution in [0.1, 0.15) is 117 Å². The first-order valence-electron chi connectivity index (χ1n) is 33.2. The zero-order valence-corrected chi connectivity index (χ0v) is 55.2. The number of methoxy groups -OCH3 is 4. The molecule has 20 nitrogen and oxygen atoms in total. The van der Waals surface area contributed by atoms with Crippen molar-refractivity contribution in [1.82, 2.24) is 34.3 Å². The molecular formula is C63H127F4N7O13. The van der Waals surface area contributed by atoms with Crippen molar-refractivity contribution in [3.63, 3.8) is 0 Å². The number of halogens is 4. The van der Waals surface area contributed by atoms with Crippen molar-refractivity contribution in [3.8, 4) is 0 Å². The lowest BCUT2D eigenvalue weighted by Gasteiger charge is -2.37. The largest absolute Gasteiger partial charge is 0.395 e. The molecule has 0 bridgehead atoms. The second-order valence-corrected chi connectivity index (χ2v) is 24.8. The fourth-order valence-corrected chi connectivity index (χ4v) is 13.7. The summed E-state index contributed by atoms with van der Waals surface area (Å²) in [5.74, 6) is 0.654. The maximum absolute atomic E-state index is 12.1. The van der Waals surface area contributed by atoms with E-state index in [1.807, 2.05) is 6.92 Å². The van der Waals surface area contributed by atoms with E-state index in [1.54, 1.807) is 28.4 Å². The Morgan fingerprint density at radius 2 is 1.06 bits per heavy atom. The first-order chi connectivity index (χ1) is 42.3. The van der Waals surface area contributed by atoms with Gasteiger partial charge in [0, 0.05) is 129 Å². The summed E-state index contributed by atoms with van der Waals surface area (Å²) in [6.07, 6.45) is 15.5. The van der Waals surface area contributed by atoms with Gasteiger partial charge in [0.15, 0.2) is 0 Å². The molecule has 8 fully saturated rings. The summed E-state index contributed by atoms with van der Waals surface area (Å²) >= 11 is 0. The van der Waals surface area contributed by atoms with Gasteiger partial charge < -0.3 is 64.2 Å². The number of rotatable bonds is 31. The van der Waals surface area contributed by atoms with E-state index in [9.17, 15) is 22.7 Å². The molecule has 520 valence electrons. The SMILES string of the molecule is CC1CC(CO)N(CCCF)C1.CCOC1CC(CO)N(CCCF)C1.COCC1(CO)CCCN1CCCF.COCC1CCC(CO)N1C.COCC1CCC(CO)N1CCCF.COCCN1CCCC1CO.OCC1CCCN1C1COC1. The van der Waals surface area contributed by atoms with Gasteiger partial charge in [-0.3, -0.25) is 51.9 Å². The smallest absolute Gasteiger partial charge is 0.0906 e. The molecule has 11 unspecified atom stereocenters. The summed E-state index contributed by atoms with van der Waals surface area (Å²) in [4.78, 5) is 15.6. The summed E-state index contributed by atoms with van der Waals surface area (Å²) in [5, 5.41) is 63.6. The van der Waals surface area contributed by atoms with Crippen LogP contribution in [0, 0.1) is 5.92 Å². The second kappa shape index (κ2) is 50.4. The molecule has 8 aliphatic rings. The van der Waals surface area contributed by atoms with E-state index < -0.39 is 0 Å². The van der Waals surface area contributed by atoms with Crippen LogP contribution in [0.5, 0.6) is 0 Å². The Labute approximate surface area is 523 Å². The zero-order valence-electron chi connectivity index (χ0n) is 55.2. The predicted molar refractivity (Wildman–Crippen MR) is 335 cm³/mol. The molecule has 0 aromatic carbocycles. The molecule has 8 rings (SSSR count). The minimum absolute atomic E-state index is 0.104. The molecule has 7 N–H and O–H groups in total. The lowest BCUT2D eigenvalue weighted by molar-refractivity contribution is -0.0742. The predicted octanol–water partition coefficient (Wildman–Crippen LogP) is 3.52. The monoisotopic (exact) mass is 1270 g/mol. The fraction of sp³-hybridized carbons (Fsp3) is 1.00. The van der Waals surface area contributed by atoms with Crippen molar-refractivity contribution in [2.24, 2.45) is 5.92 Å². The molecule has 8 heterocycles. The molecule has 0 aromatic rings. The Kier molecular flexibility index (Phi) is 47.5. The average molecular weight is 1270 g/mol. The number of alkyl halides is 4. The molecule has 0 radical (unpaired) electrons. The lowest BCUT2D eigenvalue weighted by atomic mass is 9.98. The van der Waals surface area contributed by atoms with Gasteiger partial charge in [0.2, 0.25) is 0 Å². The van der Waals surface area contributed by atoms with Gasteiger partial charge in [0.25, 0.3) is 0 Å². The van der Waals surface area contributed by atoms with Crippen LogP contribution in [0.2, 0.25) is 0 Å². The zero-order chi connectivity index (χ0) is 64.2. The van der Waals surface area contributed by atoms with Gasteiger partial charge in [-0.05, 0) is 142 Å². The Hall–Kier alpha value is -1.08. The number of likely N-dealkylation sites (tertiary alicyclic amines) is 7. The van der Waals surface area contributed by atoms with Gasteiger partial charge in [-0.15, -0.1) is 0 Å². The number of nitrogens with zero attached hydrogens (tertiary/aromatic N) is 7. The first kappa shape index (κ1) is 82.0. The molecule has 8 aliphatic heterocycles. The van der Waals surface area contributed by atoms with Crippen molar-refractivity contribution in [2.75, 3.05) is 220 Å². The molecule has 0 amide bonds. The van der Waals surface area contributed by atoms with Gasteiger partial charge in [-0.2, -0.15) is 0 Å². The number of likely N-dealkylation sites (N-methyl/N-ethyl adjacent to an activating group) is 1. The fourth-order valence-electron chi connectivity index (χ4n) is 13.7. The number of aliphatic hydroxyl groups excluding tert-OH is 7. The third-order valence-electron chi connectivity index (χ3n) is 18.7. The topological polar surface area (TPSA) is 220 Å². The number of hydrogen-bond donors (Lipinski definition) is 7. The molecule has 0 spiro atoms. The third kappa shape index (κ3) is 29.8. The van der Waals surface area contributed by atoms with Crippen molar-refractivity contribution >= 4 is 0 Å². The number of hydrogen-bond acceptors (Lipinski definition) is 20. The lowest BCUT2D eigenvalue weighted by Crippen LogP contribution is -2.51. The summed E-state index contributed by atoms with van der Waals surface area (Å²) < 4.78 is 78.9. The van der Waals surface area contributed by atoms with Crippen LogP contribution in [0.25, 0.3) is 0 Å². The van der Waals surface area contributed by atoms with E-state index in [4.69, 9.17) is 59.1 Å². The molecular weight excluding hydrogens is 1140 g/mol. The van der Waals surface area contributed by atoms with Gasteiger partial charge in [-0.1, -0.05) is 6.92 Å². The Balaban J connectivity index is 0.000000347. The Bertz CT molecular complexity index is 1580. The van der Waals surface area contributed by atoms with Gasteiger partial charge >= 0.3 is 0 Å². The highest BCUT2D eigenvalue weighted by molar-refractivity contribution is 4.96. The van der Waals surface area contributed by atoms with Crippen LogP contribution < -0.4 is 0 Å². The molecule has 24 heteroatoms. The highest BCUT2D eigenvalue weighted by Gasteiger charge is 2.40. The third-order valence-corrected chi connectivity index (χ3v) is 18.7. The van der Waals surface area contributed by atoms with Crippen LogP contribution in [-0.2, 0) is 28.4 Å². The van der Waals surface area contributed by atoms with E-state index in [0.29, 0.717) is 101 Å². The summed E-state index contributed by atoms with van der Waals surface area (Å²) in [7, 11) is 8.81. The summed E-state index contributed by atoms with van der Waals surface area (Å²) in [5.41, 5.74) is -0.246. The van der Waals surface area contributed by atoms with Crippen molar-refractivity contribution in [1.29, 1.82) is 0 Å². The highest BCUT2D eigenvalue weighted by atomic mass is 19.1. The standard InChI is InChI=1S/3C10H20FNO2.C9H18FNO.C8H15NO2.2C8H17NO2/c1-14-8-10-4-3-9(7-13)12(10)6-2-5-11;1-14-9-10(8-13)4-2-6-12(10)7-3-5-11;1-2-14-10-6-9(8-13)12(7-10)5-3-4-11;1-8-5-9(7-12)11(6-8)4-2-3-10;10-4-7-2-1-3-9(7)8-5-11-6-8;1-9-7(5-10)3-4-8(9)6-11-2;1-11-6-5-9-4-2-3-8(9)7-10/h9-10,13H,2-8H2,1H3;13H,2-9H2,1H3;9-10,13H,2-8H2,1H3;8-9,12H,2-7H2,1H3;7-8,10H,1-6H2;7-8,10H,3-6H2,1-2H3;8,10H,2-7H2,1H3. The normalized spacial score (nSPS) is 29.9. The maximum atomic E-state index is 12.1. The summed E-state index contributed by atoms with van der Waals surface area (Å²) in [6, 6.07) is 3.31. The van der Waals surface area contributed by atoms with E-state index in [0.717, 1.165) is 156 Å². The van der Waals surface area contributed by atoms with Crippen LogP contribution in [0.3, 0.4) is 0 Å². The summed E-state index contributed by atoms with van der Waals surface area (Å²) in [6.45, 7) is 18.8. The Morgan fingerprint density at radius 1 is 0.517 bits per heavy atom.